The Balaban J connectivity index is 0.00000306. The number of hydrogen-bond donors (Lipinski definition) is 1. The molecule has 0 atom stereocenters. The number of carbonyl (C=O) groups excluding carboxylic acids is 1. The molecule has 3 aromatic carbocycles. The van der Waals surface area contributed by atoms with Crippen LogP contribution in [0.1, 0.15) is 21.5 Å². The number of aryl methyl sites for hydroxylation is 2. The second-order valence-electron chi connectivity index (χ2n) is 7.41. The van der Waals surface area contributed by atoms with Crippen LogP contribution in [0.4, 0.5) is 5.69 Å². The molecule has 4 rings (SSSR count). The van der Waals surface area contributed by atoms with Crippen LogP contribution in [0.25, 0.3) is 22.1 Å². The summed E-state index contributed by atoms with van der Waals surface area (Å²) in [5.74, 6) is 0.869. The van der Waals surface area contributed by atoms with Crippen molar-refractivity contribution in [3.8, 4) is 22.6 Å². The van der Waals surface area contributed by atoms with Crippen molar-refractivity contribution >= 4 is 22.6 Å². The SMILES string of the molecule is COc1cccc(-c2cc(C(=O)Nc3cc4cc(C)c(C)[c-]c4oc3=O)ccc2OC)c1.[Y]. The number of ether oxygens (including phenoxy) is 2. The van der Waals surface area contributed by atoms with E-state index in [2.05, 4.69) is 11.4 Å². The van der Waals surface area contributed by atoms with E-state index in [-0.39, 0.29) is 38.4 Å². The van der Waals surface area contributed by atoms with Crippen LogP contribution in [0.3, 0.4) is 0 Å². The van der Waals surface area contributed by atoms with E-state index in [1.165, 1.54) is 0 Å². The molecule has 0 aliphatic carbocycles. The Hall–Kier alpha value is -2.96. The molecule has 1 heterocycles. The van der Waals surface area contributed by atoms with Gasteiger partial charge in [0.2, 0.25) is 0 Å². The van der Waals surface area contributed by atoms with Gasteiger partial charge >= 0.3 is 5.63 Å². The molecule has 7 heteroatoms. The number of carbonyl (C=O) groups is 1. The molecule has 1 amide bonds. The standard InChI is InChI=1S/C26H22NO5.Y/c1-15-10-19-14-22(26(29)32-24(19)11-16(15)2)27-25(28)18-8-9-23(31-4)21(13-18)17-6-5-7-20(12-17)30-3;/h5-10,12-14H,1-4H3,(H,27,28);/q-1;. The third-order valence-electron chi connectivity index (χ3n) is 5.33. The molecule has 0 saturated heterocycles. The van der Waals surface area contributed by atoms with Crippen molar-refractivity contribution < 1.29 is 51.4 Å². The zero-order chi connectivity index (χ0) is 22.8. The third-order valence-corrected chi connectivity index (χ3v) is 5.33. The van der Waals surface area contributed by atoms with Crippen LogP contribution in [-0.2, 0) is 32.7 Å². The van der Waals surface area contributed by atoms with Gasteiger partial charge in [-0.05, 0) is 35.9 Å². The average molecular weight is 517 g/mol. The molecule has 4 aromatic rings. The summed E-state index contributed by atoms with van der Waals surface area (Å²) in [6.07, 6.45) is 0. The molecular formula is C26H22NO5Y-. The Morgan fingerprint density at radius 1 is 1.00 bits per heavy atom. The third kappa shape index (κ3) is 5.18. The van der Waals surface area contributed by atoms with Crippen molar-refractivity contribution in [1.82, 2.24) is 0 Å². The number of amides is 1. The minimum Gasteiger partial charge on any atom is -0.497 e. The Morgan fingerprint density at radius 3 is 2.52 bits per heavy atom. The van der Waals surface area contributed by atoms with Crippen molar-refractivity contribution in [2.45, 2.75) is 13.8 Å². The summed E-state index contributed by atoms with van der Waals surface area (Å²) >= 11 is 0. The number of hydrogen-bond acceptors (Lipinski definition) is 5. The van der Waals surface area contributed by atoms with Gasteiger partial charge in [-0.25, -0.2) is 4.79 Å². The van der Waals surface area contributed by atoms with Crippen LogP contribution in [0.5, 0.6) is 11.5 Å². The van der Waals surface area contributed by atoms with E-state index in [1.54, 1.807) is 38.5 Å². The molecule has 165 valence electrons. The van der Waals surface area contributed by atoms with Gasteiger partial charge in [0.1, 0.15) is 17.2 Å². The van der Waals surface area contributed by atoms with Crippen molar-refractivity contribution in [3.63, 3.8) is 0 Å². The van der Waals surface area contributed by atoms with Gasteiger partial charge in [-0.15, -0.1) is 6.07 Å². The smallest absolute Gasteiger partial charge is 0.357 e. The van der Waals surface area contributed by atoms with E-state index in [1.807, 2.05) is 44.2 Å². The molecule has 1 radical (unpaired) electrons. The summed E-state index contributed by atoms with van der Waals surface area (Å²) in [5.41, 5.74) is 3.65. The summed E-state index contributed by atoms with van der Waals surface area (Å²) in [6, 6.07) is 19.1. The number of nitrogens with one attached hydrogen (secondary N) is 1. The molecule has 0 saturated carbocycles. The van der Waals surface area contributed by atoms with Gasteiger partial charge in [-0.3, -0.25) is 4.79 Å². The van der Waals surface area contributed by atoms with Gasteiger partial charge < -0.3 is 19.2 Å². The summed E-state index contributed by atoms with van der Waals surface area (Å²) in [4.78, 5) is 25.4. The Morgan fingerprint density at radius 2 is 1.79 bits per heavy atom. The fourth-order valence-electron chi connectivity index (χ4n) is 3.45. The molecule has 33 heavy (non-hydrogen) atoms. The minimum atomic E-state index is -0.633. The first-order valence-corrected chi connectivity index (χ1v) is 10.0. The van der Waals surface area contributed by atoms with Crippen LogP contribution in [0.15, 0.2) is 63.8 Å². The summed E-state index contributed by atoms with van der Waals surface area (Å²) in [6.45, 7) is 3.85. The minimum absolute atomic E-state index is 0. The molecule has 6 nitrogen and oxygen atoms in total. The fourth-order valence-corrected chi connectivity index (χ4v) is 3.45. The molecule has 1 aromatic heterocycles. The first-order chi connectivity index (χ1) is 15.4. The van der Waals surface area contributed by atoms with Gasteiger partial charge in [0.15, 0.2) is 0 Å². The van der Waals surface area contributed by atoms with Crippen LogP contribution in [-0.4, -0.2) is 20.1 Å². The normalized spacial score (nSPS) is 10.4. The second-order valence-corrected chi connectivity index (χ2v) is 7.41. The van der Waals surface area contributed by atoms with Crippen LogP contribution < -0.4 is 20.4 Å². The predicted octanol–water partition coefficient (Wildman–Crippen LogP) is 5.14. The van der Waals surface area contributed by atoms with Gasteiger partial charge in [-0.1, -0.05) is 37.4 Å². The Kier molecular flexibility index (Phi) is 7.72. The van der Waals surface area contributed by atoms with Gasteiger partial charge in [-0.2, -0.15) is 17.2 Å². The van der Waals surface area contributed by atoms with E-state index in [0.29, 0.717) is 28.0 Å². The Labute approximate surface area is 216 Å². The molecule has 0 fully saturated rings. The van der Waals surface area contributed by atoms with Crippen LogP contribution in [0, 0.1) is 19.9 Å². The maximum absolute atomic E-state index is 13.0. The number of benzene rings is 3. The fraction of sp³-hybridized carbons (Fsp3) is 0.154. The Bertz CT molecular complexity index is 1390. The quantitative estimate of drug-likeness (QED) is 0.293. The van der Waals surface area contributed by atoms with Gasteiger partial charge in [0.25, 0.3) is 5.91 Å². The van der Waals surface area contributed by atoms with E-state index < -0.39 is 11.5 Å². The first-order valence-electron chi connectivity index (χ1n) is 10.0. The van der Waals surface area contributed by atoms with Crippen molar-refractivity contribution in [2.24, 2.45) is 0 Å². The molecular weight excluding hydrogens is 495 g/mol. The zero-order valence-corrected chi connectivity index (χ0v) is 21.7. The molecule has 0 unspecified atom stereocenters. The van der Waals surface area contributed by atoms with Crippen molar-refractivity contribution in [2.75, 3.05) is 19.5 Å². The van der Waals surface area contributed by atoms with E-state index in [4.69, 9.17) is 13.9 Å². The largest absolute Gasteiger partial charge is 0.497 e. The predicted molar refractivity (Wildman–Crippen MR) is 124 cm³/mol. The number of methoxy groups -OCH3 is 2. The molecule has 0 bridgehead atoms. The summed E-state index contributed by atoms with van der Waals surface area (Å²) < 4.78 is 16.1. The van der Waals surface area contributed by atoms with E-state index in [0.717, 1.165) is 22.3 Å². The average Bonchev–Trinajstić information content (AvgIpc) is 2.80. The zero-order valence-electron chi connectivity index (χ0n) is 18.8. The number of rotatable bonds is 5. The van der Waals surface area contributed by atoms with E-state index >= 15 is 0 Å². The topological polar surface area (TPSA) is 77.8 Å². The van der Waals surface area contributed by atoms with Crippen LogP contribution >= 0.6 is 0 Å². The van der Waals surface area contributed by atoms with Gasteiger partial charge in [0.05, 0.1) is 14.2 Å². The maximum atomic E-state index is 13.0. The molecule has 0 aliphatic heterocycles. The van der Waals surface area contributed by atoms with Gasteiger partial charge in [0, 0.05) is 49.4 Å². The molecule has 0 spiro atoms. The number of fused-ring (bicyclic) bond motifs is 1. The summed E-state index contributed by atoms with van der Waals surface area (Å²) in [5, 5.41) is 3.36. The molecule has 0 aliphatic rings. The van der Waals surface area contributed by atoms with Crippen LogP contribution in [0.2, 0.25) is 0 Å². The number of anilines is 1. The molecule has 1 N–H and O–H groups in total. The maximum Gasteiger partial charge on any atom is 0.357 e. The first kappa shape index (κ1) is 24.7. The summed E-state index contributed by atoms with van der Waals surface area (Å²) in [7, 11) is 3.16. The van der Waals surface area contributed by atoms with E-state index in [9.17, 15) is 9.59 Å². The van der Waals surface area contributed by atoms with Crippen molar-refractivity contribution in [1.29, 1.82) is 0 Å². The monoisotopic (exact) mass is 517 g/mol. The second kappa shape index (κ2) is 10.3. The van der Waals surface area contributed by atoms with Crippen molar-refractivity contribution in [3.05, 3.63) is 87.8 Å².